The maximum absolute atomic E-state index is 11.5. The van der Waals surface area contributed by atoms with Crippen LogP contribution in [0.25, 0.3) is 0 Å². The third-order valence-corrected chi connectivity index (χ3v) is 3.16. The van der Waals surface area contributed by atoms with Crippen molar-refractivity contribution in [3.63, 3.8) is 0 Å². The molecule has 2 aromatic carbocycles. The van der Waals surface area contributed by atoms with Gasteiger partial charge in [0.05, 0.1) is 6.20 Å². The van der Waals surface area contributed by atoms with E-state index in [-0.39, 0.29) is 24.1 Å². The van der Waals surface area contributed by atoms with E-state index in [9.17, 15) is 4.79 Å². The van der Waals surface area contributed by atoms with Crippen molar-refractivity contribution in [2.45, 2.75) is 6.61 Å². The predicted molar refractivity (Wildman–Crippen MR) is 88.9 cm³/mol. The normalized spacial score (nSPS) is 10.2. The summed E-state index contributed by atoms with van der Waals surface area (Å²) in [4.78, 5) is 29.8. The van der Waals surface area contributed by atoms with Crippen LogP contribution in [-0.2, 0) is 11.5 Å². The molecule has 0 unspecified atom stereocenters. The second-order valence-corrected chi connectivity index (χ2v) is 4.98. The monoisotopic (exact) mass is 337 g/mol. The number of nitrogens with two attached hydrogens (primary N) is 1. The Bertz CT molecular complexity index is 841. The van der Waals surface area contributed by atoms with Crippen LogP contribution in [0.2, 0.25) is 0 Å². The van der Waals surface area contributed by atoms with Crippen molar-refractivity contribution in [3.8, 4) is 17.6 Å². The molecule has 25 heavy (non-hydrogen) atoms. The first-order valence-electron chi connectivity index (χ1n) is 7.45. The SMILES string of the molecule is NC(=O)c1cnc(Oc2ccccc2)nc1OOCc1ccccc1. The maximum atomic E-state index is 11.5. The fourth-order valence-corrected chi connectivity index (χ4v) is 1.95. The van der Waals surface area contributed by atoms with E-state index in [1.807, 2.05) is 48.5 Å². The molecule has 7 heteroatoms. The number of nitrogens with zero attached hydrogens (tertiary/aromatic N) is 2. The third kappa shape index (κ3) is 4.52. The molecule has 0 fully saturated rings. The second-order valence-electron chi connectivity index (χ2n) is 4.98. The van der Waals surface area contributed by atoms with E-state index in [0.717, 1.165) is 5.56 Å². The molecule has 2 N–H and O–H groups in total. The molecule has 126 valence electrons. The number of carbonyl (C=O) groups excluding carboxylic acids is 1. The smallest absolute Gasteiger partial charge is 0.325 e. The van der Waals surface area contributed by atoms with Crippen LogP contribution in [0.4, 0.5) is 0 Å². The van der Waals surface area contributed by atoms with Gasteiger partial charge in [0.15, 0.2) is 0 Å². The minimum Gasteiger partial charge on any atom is -0.424 e. The van der Waals surface area contributed by atoms with E-state index in [4.69, 9.17) is 20.2 Å². The number of benzene rings is 2. The van der Waals surface area contributed by atoms with Crippen molar-refractivity contribution in [2.24, 2.45) is 5.73 Å². The van der Waals surface area contributed by atoms with Crippen LogP contribution in [-0.4, -0.2) is 15.9 Å². The fourth-order valence-electron chi connectivity index (χ4n) is 1.95. The summed E-state index contributed by atoms with van der Waals surface area (Å²) in [5.74, 6) is -0.292. The summed E-state index contributed by atoms with van der Waals surface area (Å²) in [6.45, 7) is 0.178. The number of rotatable bonds is 7. The number of hydrogen-bond donors (Lipinski definition) is 1. The summed E-state index contributed by atoms with van der Waals surface area (Å²) in [5, 5.41) is 0. The molecule has 1 heterocycles. The molecule has 0 aliphatic rings. The van der Waals surface area contributed by atoms with Crippen molar-refractivity contribution in [3.05, 3.63) is 78.0 Å². The summed E-state index contributed by atoms with van der Waals surface area (Å²) in [5.41, 5.74) is 6.20. The number of para-hydroxylation sites is 1. The van der Waals surface area contributed by atoms with E-state index in [1.165, 1.54) is 6.20 Å². The highest BCUT2D eigenvalue weighted by molar-refractivity contribution is 5.94. The van der Waals surface area contributed by atoms with E-state index in [1.54, 1.807) is 12.1 Å². The first kappa shape index (κ1) is 16.4. The number of hydrogen-bond acceptors (Lipinski definition) is 6. The lowest BCUT2D eigenvalue weighted by molar-refractivity contribution is -0.221. The second kappa shape index (κ2) is 7.89. The molecule has 7 nitrogen and oxygen atoms in total. The van der Waals surface area contributed by atoms with E-state index in [0.29, 0.717) is 5.75 Å². The van der Waals surface area contributed by atoms with Gasteiger partial charge in [-0.3, -0.25) is 4.79 Å². The van der Waals surface area contributed by atoms with Gasteiger partial charge in [0, 0.05) is 0 Å². The quantitative estimate of drug-likeness (QED) is 0.526. The zero-order valence-electron chi connectivity index (χ0n) is 13.2. The van der Waals surface area contributed by atoms with E-state index < -0.39 is 5.91 Å². The van der Waals surface area contributed by atoms with Crippen molar-refractivity contribution >= 4 is 5.91 Å². The Morgan fingerprint density at radius 1 is 1.00 bits per heavy atom. The molecule has 0 bridgehead atoms. The fraction of sp³-hybridized carbons (Fsp3) is 0.0556. The molecule has 3 aromatic rings. The lowest BCUT2D eigenvalue weighted by atomic mass is 10.2. The number of aromatic nitrogens is 2. The van der Waals surface area contributed by atoms with Crippen molar-refractivity contribution in [2.75, 3.05) is 0 Å². The third-order valence-electron chi connectivity index (χ3n) is 3.16. The van der Waals surface area contributed by atoms with Crippen molar-refractivity contribution in [1.29, 1.82) is 0 Å². The molecule has 0 saturated heterocycles. The van der Waals surface area contributed by atoms with Gasteiger partial charge in [-0.25, -0.2) is 4.98 Å². The summed E-state index contributed by atoms with van der Waals surface area (Å²) in [6, 6.07) is 18.4. The number of ether oxygens (including phenoxy) is 1. The summed E-state index contributed by atoms with van der Waals surface area (Å²) >= 11 is 0. The van der Waals surface area contributed by atoms with Gasteiger partial charge in [-0.2, -0.15) is 9.87 Å². The van der Waals surface area contributed by atoms with Gasteiger partial charge in [-0.15, -0.1) is 0 Å². The number of amides is 1. The van der Waals surface area contributed by atoms with Gasteiger partial charge < -0.3 is 15.4 Å². The molecular formula is C18H15N3O4. The van der Waals surface area contributed by atoms with Gasteiger partial charge in [-0.05, 0) is 17.7 Å². The van der Waals surface area contributed by atoms with Crippen LogP contribution in [0.1, 0.15) is 15.9 Å². The van der Waals surface area contributed by atoms with Gasteiger partial charge in [0.25, 0.3) is 11.8 Å². The van der Waals surface area contributed by atoms with Crippen LogP contribution in [0, 0.1) is 0 Å². The van der Waals surface area contributed by atoms with Gasteiger partial charge >= 0.3 is 6.01 Å². The Labute approximate surface area is 143 Å². The van der Waals surface area contributed by atoms with Crippen LogP contribution < -0.4 is 15.4 Å². The molecule has 0 atom stereocenters. The molecule has 0 aliphatic heterocycles. The summed E-state index contributed by atoms with van der Waals surface area (Å²) in [7, 11) is 0. The molecular weight excluding hydrogens is 322 g/mol. The molecule has 3 rings (SSSR count). The lowest BCUT2D eigenvalue weighted by Crippen LogP contribution is -2.15. The van der Waals surface area contributed by atoms with E-state index in [2.05, 4.69) is 9.97 Å². The molecule has 0 spiro atoms. The largest absolute Gasteiger partial charge is 0.424 e. The van der Waals surface area contributed by atoms with Gasteiger partial charge in [0.1, 0.15) is 17.9 Å². The molecule has 1 aromatic heterocycles. The zero-order valence-corrected chi connectivity index (χ0v) is 13.2. The highest BCUT2D eigenvalue weighted by Crippen LogP contribution is 2.22. The highest BCUT2D eigenvalue weighted by Gasteiger charge is 2.16. The minimum atomic E-state index is -0.732. The average molecular weight is 337 g/mol. The molecule has 0 aliphatic carbocycles. The van der Waals surface area contributed by atoms with Crippen molar-refractivity contribution in [1.82, 2.24) is 9.97 Å². The minimum absolute atomic E-state index is 0.00604. The lowest BCUT2D eigenvalue weighted by Gasteiger charge is -2.09. The first-order valence-corrected chi connectivity index (χ1v) is 7.45. The van der Waals surface area contributed by atoms with Crippen LogP contribution >= 0.6 is 0 Å². The van der Waals surface area contributed by atoms with Crippen LogP contribution in [0.5, 0.6) is 17.6 Å². The Balaban J connectivity index is 1.73. The van der Waals surface area contributed by atoms with Crippen molar-refractivity contribution < 1.29 is 19.3 Å². The van der Waals surface area contributed by atoms with E-state index >= 15 is 0 Å². The summed E-state index contributed by atoms with van der Waals surface area (Å²) < 4.78 is 5.51. The standard InChI is InChI=1S/C18H15N3O4/c19-16(22)15-11-20-18(24-14-9-5-2-6-10-14)21-17(15)25-23-12-13-7-3-1-4-8-13/h1-11H,12H2,(H2,19,22). The Morgan fingerprint density at radius 2 is 1.68 bits per heavy atom. The topological polar surface area (TPSA) is 96.6 Å². The van der Waals surface area contributed by atoms with Gasteiger partial charge in [-0.1, -0.05) is 48.5 Å². The molecule has 0 radical (unpaired) electrons. The summed E-state index contributed by atoms with van der Waals surface area (Å²) in [6.07, 6.45) is 1.23. The Hall–Kier alpha value is -3.45. The Kier molecular flexibility index (Phi) is 5.18. The van der Waals surface area contributed by atoms with Gasteiger partial charge in [0.2, 0.25) is 0 Å². The maximum Gasteiger partial charge on any atom is 0.325 e. The number of primary amides is 1. The Morgan fingerprint density at radius 3 is 2.36 bits per heavy atom. The zero-order chi connectivity index (χ0) is 17.5. The van der Waals surface area contributed by atoms with Crippen LogP contribution in [0.3, 0.4) is 0 Å². The number of carbonyl (C=O) groups is 1. The molecule has 1 amide bonds. The molecule has 0 saturated carbocycles. The average Bonchev–Trinajstić information content (AvgIpc) is 2.63. The predicted octanol–water partition coefficient (Wildman–Crippen LogP) is 2.88. The highest BCUT2D eigenvalue weighted by atomic mass is 17.2. The first-order chi connectivity index (χ1) is 12.2. The van der Waals surface area contributed by atoms with Crippen LogP contribution in [0.15, 0.2) is 66.9 Å².